The number of nitrogens with zero attached hydrogens (tertiary/aromatic N) is 1. The van der Waals surface area contributed by atoms with Crippen LogP contribution < -0.4 is 11.2 Å². The van der Waals surface area contributed by atoms with Gasteiger partial charge in [-0.3, -0.25) is 14.3 Å². The molecule has 9 heteroatoms. The maximum atomic E-state index is 11.4. The summed E-state index contributed by atoms with van der Waals surface area (Å²) < 4.78 is 25.7. The molecule has 2 heterocycles. The van der Waals surface area contributed by atoms with E-state index in [1.165, 1.54) is 16.8 Å². The van der Waals surface area contributed by atoms with Crippen LogP contribution in [0.3, 0.4) is 0 Å². The molecule has 1 aromatic rings. The number of nitrogens with one attached hydrogen (secondary N) is 1. The second kappa shape index (κ2) is 7.12. The van der Waals surface area contributed by atoms with Gasteiger partial charge < -0.3 is 14.9 Å². The van der Waals surface area contributed by atoms with Crippen LogP contribution in [-0.2, 0) is 4.74 Å². The highest BCUT2D eigenvalue weighted by Crippen LogP contribution is 2.26. The fraction of sp³-hybridized carbons (Fsp3) is 0.600. The summed E-state index contributed by atoms with van der Waals surface area (Å²) in [6.45, 7) is -2.06. The van der Waals surface area contributed by atoms with E-state index in [1.54, 1.807) is 0 Å². The van der Waals surface area contributed by atoms with Crippen molar-refractivity contribution < 1.29 is 23.7 Å². The molecule has 3 N–H and O–H groups in total. The number of hydrogen-bond donors (Lipinski definition) is 3. The molecule has 7 nitrogen and oxygen atoms in total. The Kier molecular flexibility index (Phi) is 5.80. The minimum Gasteiger partial charge on any atom is -0.394 e. The van der Waals surface area contributed by atoms with E-state index in [1.807, 2.05) is 0 Å². The van der Waals surface area contributed by atoms with Crippen molar-refractivity contribution in [3.63, 3.8) is 0 Å². The van der Waals surface area contributed by atoms with Crippen LogP contribution in [0, 0.1) is 0 Å². The molecule has 1 saturated heterocycles. The highest BCUT2D eigenvalue weighted by atomic mass is 19.3. The van der Waals surface area contributed by atoms with Gasteiger partial charge in [-0.05, 0) is 0 Å². The van der Waals surface area contributed by atoms with Gasteiger partial charge in [0.05, 0.1) is 12.7 Å². The lowest BCUT2D eigenvalue weighted by atomic mass is 10.2. The maximum absolute atomic E-state index is 11.4. The lowest BCUT2D eigenvalue weighted by Gasteiger charge is -2.13. The van der Waals surface area contributed by atoms with Crippen LogP contribution in [0.15, 0.2) is 21.9 Å². The number of aromatic nitrogens is 2. The smallest absolute Gasteiger partial charge is 0.330 e. The van der Waals surface area contributed by atoms with Crippen molar-refractivity contribution in [3.8, 4) is 0 Å². The van der Waals surface area contributed by atoms with E-state index in [-0.39, 0.29) is 13.0 Å². The molecule has 0 bridgehead atoms. The summed E-state index contributed by atoms with van der Waals surface area (Å²) in [5, 5.41) is 18.4. The number of ether oxygens (including phenoxy) is 1. The second-order valence-corrected chi connectivity index (χ2v) is 3.73. The van der Waals surface area contributed by atoms with E-state index in [4.69, 9.17) is 9.84 Å². The highest BCUT2D eigenvalue weighted by molar-refractivity contribution is 4.88. The Morgan fingerprint density at radius 2 is 2.11 bits per heavy atom. The Morgan fingerprint density at radius 1 is 1.47 bits per heavy atom. The van der Waals surface area contributed by atoms with Gasteiger partial charge >= 0.3 is 5.69 Å². The molecule has 108 valence electrons. The molecule has 0 aromatic carbocycles. The summed E-state index contributed by atoms with van der Waals surface area (Å²) >= 11 is 0. The molecule has 1 aliphatic rings. The number of hydrogen-bond acceptors (Lipinski definition) is 5. The van der Waals surface area contributed by atoms with E-state index >= 15 is 0 Å². The van der Waals surface area contributed by atoms with E-state index in [0.29, 0.717) is 0 Å². The fourth-order valence-corrected chi connectivity index (χ4v) is 1.70. The average Bonchev–Trinajstić information content (AvgIpc) is 2.71. The zero-order valence-electron chi connectivity index (χ0n) is 9.83. The Balaban J connectivity index is 0.000000550. The number of rotatable bonds is 2. The molecular weight excluding hydrogens is 266 g/mol. The van der Waals surface area contributed by atoms with Crippen molar-refractivity contribution in [2.45, 2.75) is 24.9 Å². The normalized spacial score (nSPS) is 25.8. The summed E-state index contributed by atoms with van der Waals surface area (Å²) in [4.78, 5) is 24.3. The first-order valence-electron chi connectivity index (χ1n) is 5.41. The molecule has 1 aliphatic heterocycles. The van der Waals surface area contributed by atoms with Gasteiger partial charge in [0.25, 0.3) is 5.56 Å². The van der Waals surface area contributed by atoms with Crippen LogP contribution >= 0.6 is 0 Å². The number of aliphatic hydroxyl groups is 2. The number of alkyl halides is 2. The van der Waals surface area contributed by atoms with Crippen molar-refractivity contribution in [2.24, 2.45) is 0 Å². The molecular formula is C10H14F2N2O5. The van der Waals surface area contributed by atoms with Gasteiger partial charge in [0.2, 0.25) is 6.93 Å². The standard InChI is InChI=1S/C9H12N2O5.CH2F2/c12-4-6-5(13)3-8(16-6)11-2-1-7(14)10-9(11)15;2-1-3/h1-2,5-6,8,12-13H,3-4H2,(H,10,14,15);1H2. The Hall–Kier alpha value is -1.58. The van der Waals surface area contributed by atoms with Crippen LogP contribution in [0.5, 0.6) is 0 Å². The number of aromatic amines is 1. The highest BCUT2D eigenvalue weighted by Gasteiger charge is 2.34. The van der Waals surface area contributed by atoms with Crippen molar-refractivity contribution in [1.82, 2.24) is 9.55 Å². The van der Waals surface area contributed by atoms with Crippen molar-refractivity contribution >= 4 is 0 Å². The number of halogens is 2. The third-order valence-electron chi connectivity index (χ3n) is 2.55. The van der Waals surface area contributed by atoms with E-state index in [0.717, 1.165) is 0 Å². The summed E-state index contributed by atoms with van der Waals surface area (Å²) in [6.07, 6.45) is -0.649. The second-order valence-electron chi connectivity index (χ2n) is 3.73. The lowest BCUT2D eigenvalue weighted by Crippen LogP contribution is -2.31. The van der Waals surface area contributed by atoms with Crippen molar-refractivity contribution in [3.05, 3.63) is 33.1 Å². The molecule has 3 atom stereocenters. The monoisotopic (exact) mass is 280 g/mol. The third-order valence-corrected chi connectivity index (χ3v) is 2.55. The summed E-state index contributed by atoms with van der Waals surface area (Å²) in [7, 11) is 0. The van der Waals surface area contributed by atoms with E-state index in [9.17, 15) is 23.5 Å². The van der Waals surface area contributed by atoms with Crippen molar-refractivity contribution in [1.29, 1.82) is 0 Å². The van der Waals surface area contributed by atoms with E-state index < -0.39 is 36.6 Å². The van der Waals surface area contributed by atoms with Crippen LogP contribution in [0.2, 0.25) is 0 Å². The Labute approximate surface area is 106 Å². The summed E-state index contributed by atoms with van der Waals surface area (Å²) in [5.74, 6) is 0. The Bertz CT molecular complexity index is 503. The molecule has 0 amide bonds. The predicted molar refractivity (Wildman–Crippen MR) is 60.0 cm³/mol. The van der Waals surface area contributed by atoms with Crippen LogP contribution in [0.25, 0.3) is 0 Å². The van der Waals surface area contributed by atoms with Crippen LogP contribution in [-0.4, -0.2) is 45.5 Å². The molecule has 19 heavy (non-hydrogen) atoms. The number of H-pyrrole nitrogens is 1. The maximum Gasteiger partial charge on any atom is 0.330 e. The predicted octanol–water partition coefficient (Wildman–Crippen LogP) is -0.940. The van der Waals surface area contributed by atoms with Gasteiger partial charge in [-0.1, -0.05) is 0 Å². The minimum atomic E-state index is -1.75. The average molecular weight is 280 g/mol. The van der Waals surface area contributed by atoms with Gasteiger partial charge in [0, 0.05) is 18.7 Å². The van der Waals surface area contributed by atoms with E-state index in [2.05, 4.69) is 4.98 Å². The molecule has 2 rings (SSSR count). The van der Waals surface area contributed by atoms with Gasteiger partial charge in [-0.25, -0.2) is 13.6 Å². The topological polar surface area (TPSA) is 105 Å². The van der Waals surface area contributed by atoms with Gasteiger partial charge in [0.1, 0.15) is 12.3 Å². The van der Waals surface area contributed by atoms with Crippen molar-refractivity contribution in [2.75, 3.05) is 13.5 Å². The zero-order valence-corrected chi connectivity index (χ0v) is 9.83. The zero-order chi connectivity index (χ0) is 14.4. The first-order chi connectivity index (χ1) is 9.03. The van der Waals surface area contributed by atoms with Crippen LogP contribution in [0.4, 0.5) is 8.78 Å². The first kappa shape index (κ1) is 15.5. The minimum absolute atomic E-state index is 0.206. The first-order valence-corrected chi connectivity index (χ1v) is 5.41. The molecule has 1 fully saturated rings. The molecule has 0 aliphatic carbocycles. The molecule has 1 aromatic heterocycles. The number of aliphatic hydroxyl groups excluding tert-OH is 2. The van der Waals surface area contributed by atoms with Crippen LogP contribution in [0.1, 0.15) is 12.6 Å². The van der Waals surface area contributed by atoms with Gasteiger partial charge in [-0.15, -0.1) is 0 Å². The molecule has 3 unspecified atom stereocenters. The molecule has 0 saturated carbocycles. The quantitative estimate of drug-likeness (QED) is 0.648. The third kappa shape index (κ3) is 3.94. The largest absolute Gasteiger partial charge is 0.394 e. The molecule has 0 spiro atoms. The summed E-state index contributed by atoms with van der Waals surface area (Å²) in [6, 6.07) is 1.20. The molecule has 0 radical (unpaired) electrons. The fourth-order valence-electron chi connectivity index (χ4n) is 1.70. The lowest BCUT2D eigenvalue weighted by molar-refractivity contribution is -0.0459. The summed E-state index contributed by atoms with van der Waals surface area (Å²) in [5.41, 5.74) is -1.08. The van der Waals surface area contributed by atoms with Gasteiger partial charge in [-0.2, -0.15) is 0 Å². The Morgan fingerprint density at radius 3 is 2.58 bits per heavy atom. The SMILES string of the molecule is FCF.O=c1ccn(C2CC(O)C(CO)O2)c(=O)[nH]1. The van der Waals surface area contributed by atoms with Gasteiger partial charge in [0.15, 0.2) is 0 Å².